The summed E-state index contributed by atoms with van der Waals surface area (Å²) in [4.78, 5) is 24.3. The molecule has 0 aliphatic carbocycles. The van der Waals surface area contributed by atoms with Crippen LogP contribution >= 0.6 is 11.8 Å². The quantitative estimate of drug-likeness (QED) is 0.667. The lowest BCUT2D eigenvalue weighted by Crippen LogP contribution is -2.18. The third-order valence-electron chi connectivity index (χ3n) is 3.69. The van der Waals surface area contributed by atoms with Gasteiger partial charge in [-0.3, -0.25) is 14.3 Å². The summed E-state index contributed by atoms with van der Waals surface area (Å²) in [5, 5.41) is 7.24. The van der Waals surface area contributed by atoms with E-state index in [9.17, 15) is 18.4 Å². The zero-order valence-corrected chi connectivity index (χ0v) is 14.4. The second kappa shape index (κ2) is 8.09. The van der Waals surface area contributed by atoms with Crippen molar-refractivity contribution in [3.63, 3.8) is 0 Å². The number of carbonyl (C=O) groups excluding carboxylic acids is 1. The number of nitrogens with one attached hydrogen (secondary N) is 1. The lowest BCUT2D eigenvalue weighted by Gasteiger charge is -2.12. The molecular weight excluding hydrogens is 360 g/mol. The molecule has 0 aliphatic heterocycles. The Labute approximate surface area is 152 Å². The van der Waals surface area contributed by atoms with Crippen molar-refractivity contribution in [2.75, 3.05) is 5.32 Å². The van der Waals surface area contributed by atoms with E-state index in [1.165, 1.54) is 12.3 Å². The molecule has 5 nitrogen and oxygen atoms in total. The second-order valence-electron chi connectivity index (χ2n) is 5.42. The molecule has 1 aromatic heterocycles. The molecule has 0 saturated carbocycles. The third-order valence-corrected chi connectivity index (χ3v) is 4.48. The van der Waals surface area contributed by atoms with Crippen molar-refractivity contribution in [3.8, 4) is 0 Å². The molecule has 2 aromatic carbocycles. The van der Waals surface area contributed by atoms with Crippen LogP contribution in [0, 0.1) is 0 Å². The van der Waals surface area contributed by atoms with E-state index in [0.29, 0.717) is 33.2 Å². The maximum atomic E-state index is 12.6. The first-order valence-electron chi connectivity index (χ1n) is 7.83. The van der Waals surface area contributed by atoms with E-state index in [1.807, 2.05) is 0 Å². The monoisotopic (exact) mass is 375 g/mol. The van der Waals surface area contributed by atoms with Crippen LogP contribution in [0.15, 0.2) is 64.4 Å². The number of rotatable bonds is 6. The van der Waals surface area contributed by atoms with E-state index in [0.717, 1.165) is 0 Å². The molecule has 0 fully saturated rings. The Kier molecular flexibility index (Phi) is 5.62. The first kappa shape index (κ1) is 18.1. The molecule has 8 heteroatoms. The van der Waals surface area contributed by atoms with Gasteiger partial charge in [-0.25, -0.2) is 0 Å². The molecule has 3 aromatic rings. The number of para-hydroxylation sites is 2. The summed E-state index contributed by atoms with van der Waals surface area (Å²) in [6.45, 7) is 0.261. The minimum absolute atomic E-state index is 0.0908. The summed E-state index contributed by atoms with van der Waals surface area (Å²) in [6.07, 6.45) is 1.31. The fourth-order valence-corrected chi connectivity index (χ4v) is 3.12. The molecule has 0 bridgehead atoms. The van der Waals surface area contributed by atoms with Gasteiger partial charge >= 0.3 is 0 Å². The molecule has 0 unspecified atom stereocenters. The van der Waals surface area contributed by atoms with Crippen molar-refractivity contribution in [3.05, 3.63) is 65.0 Å². The van der Waals surface area contributed by atoms with Crippen LogP contribution in [-0.4, -0.2) is 21.4 Å². The smallest absolute Gasteiger partial charge is 0.288 e. The lowest BCUT2D eigenvalue weighted by atomic mass is 10.2. The maximum Gasteiger partial charge on any atom is 0.288 e. The highest BCUT2D eigenvalue weighted by molar-refractivity contribution is 7.99. The third kappa shape index (κ3) is 4.26. The van der Waals surface area contributed by atoms with E-state index in [4.69, 9.17) is 0 Å². The number of benzene rings is 2. The number of fused-ring (bicyclic) bond motifs is 1. The average molecular weight is 375 g/mol. The van der Waals surface area contributed by atoms with Crippen LogP contribution in [0.1, 0.15) is 6.42 Å². The van der Waals surface area contributed by atoms with Crippen molar-refractivity contribution in [2.45, 2.75) is 23.6 Å². The summed E-state index contributed by atoms with van der Waals surface area (Å²) in [6, 6.07) is 13.4. The molecular formula is C18H15F2N3O2S. The number of alkyl halides is 2. The first-order chi connectivity index (χ1) is 12.5. The normalized spacial score (nSPS) is 11.0. The molecule has 0 radical (unpaired) electrons. The summed E-state index contributed by atoms with van der Waals surface area (Å²) in [5.41, 5.74) is 0.807. The van der Waals surface area contributed by atoms with Crippen LogP contribution < -0.4 is 10.7 Å². The largest absolute Gasteiger partial charge is 0.325 e. The van der Waals surface area contributed by atoms with Gasteiger partial charge in [0, 0.05) is 16.7 Å². The molecule has 1 amide bonds. The van der Waals surface area contributed by atoms with Gasteiger partial charge in [0.05, 0.1) is 23.9 Å². The number of halogens is 2. The van der Waals surface area contributed by atoms with Crippen molar-refractivity contribution in [1.29, 1.82) is 0 Å². The van der Waals surface area contributed by atoms with Gasteiger partial charge in [-0.15, -0.1) is 0 Å². The number of carbonyl (C=O) groups is 1. The predicted molar refractivity (Wildman–Crippen MR) is 97.6 cm³/mol. The highest BCUT2D eigenvalue weighted by Crippen LogP contribution is 2.31. The zero-order chi connectivity index (χ0) is 18.5. The van der Waals surface area contributed by atoms with Gasteiger partial charge in [0.15, 0.2) is 0 Å². The van der Waals surface area contributed by atoms with Gasteiger partial charge in [-0.05, 0) is 24.3 Å². The molecule has 1 N–H and O–H groups in total. The standard InChI is InChI=1S/C18H15F2N3O2S/c19-18(20)26-16-8-4-2-6-13(16)22-17(25)9-10-23-14-7-3-1-5-12(14)15(24)11-21-23/h1-8,11,18H,9-10H2,(H,22,25). The average Bonchev–Trinajstić information content (AvgIpc) is 2.63. The minimum atomic E-state index is -2.57. The van der Waals surface area contributed by atoms with Crippen LogP contribution in [0.2, 0.25) is 0 Å². The molecule has 0 spiro atoms. The van der Waals surface area contributed by atoms with Crippen LogP contribution in [0.4, 0.5) is 14.5 Å². The molecule has 0 aliphatic rings. The number of anilines is 1. The number of hydrogen-bond donors (Lipinski definition) is 1. The Morgan fingerprint density at radius 2 is 1.88 bits per heavy atom. The molecule has 3 rings (SSSR count). The van der Waals surface area contributed by atoms with Crippen molar-refractivity contribution in [1.82, 2.24) is 9.78 Å². The number of amides is 1. The fourth-order valence-electron chi connectivity index (χ4n) is 2.53. The van der Waals surface area contributed by atoms with Gasteiger partial charge in [0.25, 0.3) is 5.76 Å². The van der Waals surface area contributed by atoms with Crippen LogP contribution in [0.25, 0.3) is 10.9 Å². The molecule has 0 saturated heterocycles. The summed E-state index contributed by atoms with van der Waals surface area (Å²) < 4.78 is 26.8. The van der Waals surface area contributed by atoms with Crippen LogP contribution in [0.3, 0.4) is 0 Å². The highest BCUT2D eigenvalue weighted by Gasteiger charge is 2.12. The number of aryl methyl sites for hydroxylation is 1. The van der Waals surface area contributed by atoms with Gasteiger partial charge in [0.1, 0.15) is 0 Å². The van der Waals surface area contributed by atoms with Gasteiger partial charge in [-0.2, -0.15) is 13.9 Å². The highest BCUT2D eigenvalue weighted by atomic mass is 32.2. The van der Waals surface area contributed by atoms with Crippen molar-refractivity contribution >= 4 is 34.3 Å². The van der Waals surface area contributed by atoms with Crippen LogP contribution in [-0.2, 0) is 11.3 Å². The van der Waals surface area contributed by atoms with E-state index in [2.05, 4.69) is 10.4 Å². The Morgan fingerprint density at radius 1 is 1.15 bits per heavy atom. The molecule has 0 atom stereocenters. The number of hydrogen-bond acceptors (Lipinski definition) is 4. The first-order valence-corrected chi connectivity index (χ1v) is 8.71. The minimum Gasteiger partial charge on any atom is -0.325 e. The van der Waals surface area contributed by atoms with Crippen LogP contribution in [0.5, 0.6) is 0 Å². The SMILES string of the molecule is O=C(CCn1ncc(=O)c2ccccc21)Nc1ccccc1SC(F)F. The maximum absolute atomic E-state index is 12.6. The Bertz CT molecular complexity index is 991. The summed E-state index contributed by atoms with van der Waals surface area (Å²) >= 11 is 0.385. The summed E-state index contributed by atoms with van der Waals surface area (Å²) in [5.74, 6) is -2.89. The van der Waals surface area contributed by atoms with E-state index in [-0.39, 0.29) is 24.3 Å². The second-order valence-corrected chi connectivity index (χ2v) is 6.45. The zero-order valence-electron chi connectivity index (χ0n) is 13.6. The molecule has 1 heterocycles. The van der Waals surface area contributed by atoms with Crippen molar-refractivity contribution in [2.24, 2.45) is 0 Å². The molecule has 134 valence electrons. The van der Waals surface area contributed by atoms with E-state index >= 15 is 0 Å². The number of nitrogens with zero attached hydrogens (tertiary/aromatic N) is 2. The van der Waals surface area contributed by atoms with Crippen molar-refractivity contribution < 1.29 is 13.6 Å². The fraction of sp³-hybridized carbons (Fsp3) is 0.167. The molecule has 26 heavy (non-hydrogen) atoms. The van der Waals surface area contributed by atoms with Gasteiger partial charge in [-0.1, -0.05) is 36.0 Å². The van der Waals surface area contributed by atoms with Gasteiger partial charge in [0.2, 0.25) is 11.3 Å². The Balaban J connectivity index is 1.71. The number of aromatic nitrogens is 2. The summed E-state index contributed by atoms with van der Waals surface area (Å²) in [7, 11) is 0. The number of thioether (sulfide) groups is 1. The van der Waals surface area contributed by atoms with E-state index in [1.54, 1.807) is 47.1 Å². The van der Waals surface area contributed by atoms with Gasteiger partial charge < -0.3 is 5.32 Å². The topological polar surface area (TPSA) is 64.0 Å². The van der Waals surface area contributed by atoms with E-state index < -0.39 is 5.76 Å². The Hall–Kier alpha value is -2.74. The Morgan fingerprint density at radius 3 is 2.69 bits per heavy atom. The predicted octanol–water partition coefficient (Wildman–Crippen LogP) is 3.74. The lowest BCUT2D eigenvalue weighted by molar-refractivity contribution is -0.116.